The van der Waals surface area contributed by atoms with E-state index in [0.29, 0.717) is 28.6 Å². The van der Waals surface area contributed by atoms with Gasteiger partial charge in [0.1, 0.15) is 16.7 Å². The van der Waals surface area contributed by atoms with Gasteiger partial charge in [-0.2, -0.15) is 5.26 Å². The maximum atomic E-state index is 13.0. The van der Waals surface area contributed by atoms with E-state index in [-0.39, 0.29) is 11.8 Å². The van der Waals surface area contributed by atoms with E-state index in [2.05, 4.69) is 10.3 Å². The average molecular weight is 435 g/mol. The van der Waals surface area contributed by atoms with E-state index >= 15 is 0 Å². The lowest BCUT2D eigenvalue weighted by Gasteiger charge is -2.22. The second kappa shape index (κ2) is 8.69. The molecule has 1 aliphatic heterocycles. The van der Waals surface area contributed by atoms with Crippen LogP contribution in [0.3, 0.4) is 0 Å². The Bertz CT molecular complexity index is 1120. The summed E-state index contributed by atoms with van der Waals surface area (Å²) in [5.74, 6) is 0.492. The molecule has 1 unspecified atom stereocenters. The van der Waals surface area contributed by atoms with Crippen LogP contribution in [-0.2, 0) is 4.79 Å². The molecule has 2 heterocycles. The smallest absolute Gasteiger partial charge is 0.274 e. The molecule has 1 atom stereocenters. The van der Waals surface area contributed by atoms with Crippen molar-refractivity contribution in [2.24, 2.45) is 0 Å². The fraction of sp³-hybridized carbons (Fsp3) is 0.182. The Balaban J connectivity index is 1.47. The standard InChI is InChI=1S/C22H18N4O2S2/c1-14-2-6-16(7-3-14)21-25-18(11-30-21)22(28)26-13-29-12-19(26)20(27)24-17-8-4-15(10-23)5-9-17/h2-9,11,19H,12-13H2,1H3,(H,24,27). The van der Waals surface area contributed by atoms with Crippen LogP contribution in [0.4, 0.5) is 5.69 Å². The van der Waals surface area contributed by atoms with Gasteiger partial charge in [-0.15, -0.1) is 23.1 Å². The summed E-state index contributed by atoms with van der Waals surface area (Å²) in [6, 6.07) is 16.1. The SMILES string of the molecule is Cc1ccc(-c2nc(C(=O)N3CSCC3C(=O)Nc3ccc(C#N)cc3)cs2)cc1. The lowest BCUT2D eigenvalue weighted by molar-refractivity contribution is -0.119. The number of aromatic nitrogens is 1. The van der Waals surface area contributed by atoms with E-state index in [9.17, 15) is 9.59 Å². The summed E-state index contributed by atoms with van der Waals surface area (Å²) in [5, 5.41) is 14.2. The van der Waals surface area contributed by atoms with E-state index in [1.54, 1.807) is 34.5 Å². The fourth-order valence-electron chi connectivity index (χ4n) is 3.06. The van der Waals surface area contributed by atoms with Gasteiger partial charge < -0.3 is 10.2 Å². The maximum Gasteiger partial charge on any atom is 0.274 e. The monoisotopic (exact) mass is 434 g/mol. The molecule has 1 saturated heterocycles. The van der Waals surface area contributed by atoms with E-state index in [4.69, 9.17) is 5.26 Å². The average Bonchev–Trinajstić information content (AvgIpc) is 3.44. The van der Waals surface area contributed by atoms with Crippen LogP contribution >= 0.6 is 23.1 Å². The van der Waals surface area contributed by atoms with E-state index < -0.39 is 6.04 Å². The zero-order chi connectivity index (χ0) is 21.1. The number of nitrogens with one attached hydrogen (secondary N) is 1. The predicted octanol–water partition coefficient (Wildman–Crippen LogP) is 4.14. The van der Waals surface area contributed by atoms with Gasteiger partial charge in [-0.1, -0.05) is 29.8 Å². The summed E-state index contributed by atoms with van der Waals surface area (Å²) in [4.78, 5) is 31.9. The molecule has 0 spiro atoms. The Kier molecular flexibility index (Phi) is 5.84. The lowest BCUT2D eigenvalue weighted by Crippen LogP contribution is -2.44. The summed E-state index contributed by atoms with van der Waals surface area (Å²) < 4.78 is 0. The Morgan fingerprint density at radius 3 is 2.60 bits per heavy atom. The first-order valence-corrected chi connectivity index (χ1v) is 11.3. The molecule has 3 aromatic rings. The van der Waals surface area contributed by atoms with Crippen LogP contribution in [-0.4, -0.2) is 39.4 Å². The van der Waals surface area contributed by atoms with Crippen molar-refractivity contribution in [3.63, 3.8) is 0 Å². The van der Waals surface area contributed by atoms with Crippen molar-refractivity contribution >= 4 is 40.6 Å². The molecule has 0 aliphatic carbocycles. The number of anilines is 1. The van der Waals surface area contributed by atoms with E-state index in [1.165, 1.54) is 23.1 Å². The first-order chi connectivity index (χ1) is 14.5. The van der Waals surface area contributed by atoms with Gasteiger partial charge in [-0.25, -0.2) is 4.98 Å². The number of rotatable bonds is 4. The van der Waals surface area contributed by atoms with Gasteiger partial charge in [-0.05, 0) is 31.2 Å². The summed E-state index contributed by atoms with van der Waals surface area (Å²) in [6.07, 6.45) is 0. The Morgan fingerprint density at radius 1 is 1.17 bits per heavy atom. The molecule has 2 amide bonds. The number of hydrogen-bond acceptors (Lipinski definition) is 6. The minimum Gasteiger partial charge on any atom is -0.324 e. The highest BCUT2D eigenvalue weighted by atomic mass is 32.2. The summed E-state index contributed by atoms with van der Waals surface area (Å²) in [6.45, 7) is 2.02. The van der Waals surface area contributed by atoms with Gasteiger partial charge in [-0.3, -0.25) is 9.59 Å². The topological polar surface area (TPSA) is 86.1 Å². The van der Waals surface area contributed by atoms with Crippen molar-refractivity contribution < 1.29 is 9.59 Å². The van der Waals surface area contributed by atoms with Gasteiger partial charge in [0, 0.05) is 22.4 Å². The molecule has 8 heteroatoms. The van der Waals surface area contributed by atoms with Crippen molar-refractivity contribution in [1.29, 1.82) is 5.26 Å². The Labute approximate surface area is 182 Å². The highest BCUT2D eigenvalue weighted by molar-refractivity contribution is 7.99. The molecule has 150 valence electrons. The second-order valence-electron chi connectivity index (χ2n) is 6.87. The van der Waals surface area contributed by atoms with Crippen LogP contribution in [0.5, 0.6) is 0 Å². The minimum absolute atomic E-state index is 0.241. The number of amides is 2. The van der Waals surface area contributed by atoms with E-state index in [0.717, 1.165) is 16.1 Å². The summed E-state index contributed by atoms with van der Waals surface area (Å²) in [5.41, 5.74) is 3.61. The molecule has 6 nitrogen and oxygen atoms in total. The number of thiazole rings is 1. The Hall–Kier alpha value is -3.15. The number of carbonyl (C=O) groups is 2. The van der Waals surface area contributed by atoms with Gasteiger partial charge in [0.15, 0.2) is 0 Å². The predicted molar refractivity (Wildman–Crippen MR) is 119 cm³/mol. The Morgan fingerprint density at radius 2 is 1.90 bits per heavy atom. The summed E-state index contributed by atoms with van der Waals surface area (Å²) in [7, 11) is 0. The molecule has 2 aromatic carbocycles. The number of aryl methyl sites for hydroxylation is 1. The lowest BCUT2D eigenvalue weighted by atomic mass is 10.2. The highest BCUT2D eigenvalue weighted by Gasteiger charge is 2.36. The summed E-state index contributed by atoms with van der Waals surface area (Å²) >= 11 is 2.96. The first kappa shape index (κ1) is 20.1. The van der Waals surface area contributed by atoms with Gasteiger partial charge >= 0.3 is 0 Å². The molecule has 1 aliphatic rings. The molecule has 1 aromatic heterocycles. The van der Waals surface area contributed by atoms with Crippen molar-refractivity contribution in [3.8, 4) is 16.6 Å². The number of nitriles is 1. The highest BCUT2D eigenvalue weighted by Crippen LogP contribution is 2.28. The quantitative estimate of drug-likeness (QED) is 0.667. The molecule has 4 rings (SSSR count). The van der Waals surface area contributed by atoms with Crippen LogP contribution in [0.2, 0.25) is 0 Å². The molecule has 1 N–H and O–H groups in total. The van der Waals surface area contributed by atoms with Gasteiger partial charge in [0.2, 0.25) is 5.91 Å². The first-order valence-electron chi connectivity index (χ1n) is 9.27. The molecule has 0 saturated carbocycles. The number of carbonyl (C=O) groups excluding carboxylic acids is 2. The molecule has 1 fully saturated rings. The van der Waals surface area contributed by atoms with Crippen LogP contribution in [0.1, 0.15) is 21.6 Å². The number of hydrogen-bond donors (Lipinski definition) is 1. The molecule has 30 heavy (non-hydrogen) atoms. The normalized spacial score (nSPS) is 15.6. The van der Waals surface area contributed by atoms with Gasteiger partial charge in [0.25, 0.3) is 5.91 Å². The third-order valence-corrected chi connectivity index (χ3v) is 6.65. The van der Waals surface area contributed by atoms with Crippen molar-refractivity contribution in [2.75, 3.05) is 16.9 Å². The zero-order valence-electron chi connectivity index (χ0n) is 16.2. The largest absolute Gasteiger partial charge is 0.324 e. The van der Waals surface area contributed by atoms with Crippen LogP contribution in [0.25, 0.3) is 10.6 Å². The van der Waals surface area contributed by atoms with Crippen LogP contribution in [0, 0.1) is 18.3 Å². The number of benzene rings is 2. The maximum absolute atomic E-state index is 13.0. The number of nitrogens with zero attached hydrogens (tertiary/aromatic N) is 3. The second-order valence-corrected chi connectivity index (χ2v) is 8.73. The van der Waals surface area contributed by atoms with Crippen molar-refractivity contribution in [1.82, 2.24) is 9.88 Å². The van der Waals surface area contributed by atoms with Gasteiger partial charge in [0.05, 0.1) is 17.5 Å². The van der Waals surface area contributed by atoms with Crippen molar-refractivity contribution in [2.45, 2.75) is 13.0 Å². The van der Waals surface area contributed by atoms with E-state index in [1.807, 2.05) is 37.3 Å². The van der Waals surface area contributed by atoms with Crippen LogP contribution in [0.15, 0.2) is 53.9 Å². The zero-order valence-corrected chi connectivity index (χ0v) is 17.8. The third kappa shape index (κ3) is 4.22. The minimum atomic E-state index is -0.567. The molecular weight excluding hydrogens is 416 g/mol. The third-order valence-electron chi connectivity index (χ3n) is 4.75. The van der Waals surface area contributed by atoms with Crippen molar-refractivity contribution in [3.05, 3.63) is 70.7 Å². The molecular formula is C22H18N4O2S2. The number of thioether (sulfide) groups is 1. The molecule has 0 radical (unpaired) electrons. The fourth-order valence-corrected chi connectivity index (χ4v) is 5.02. The van der Waals surface area contributed by atoms with Crippen LogP contribution < -0.4 is 5.32 Å². The molecule has 0 bridgehead atoms.